The molecule has 0 spiro atoms. The Hall–Kier alpha value is -1.46. The van der Waals surface area contributed by atoms with Crippen molar-refractivity contribution in [2.45, 2.75) is 112 Å². The predicted octanol–water partition coefficient (Wildman–Crippen LogP) is 6.87. The van der Waals surface area contributed by atoms with Crippen LogP contribution in [-0.4, -0.2) is 45.6 Å². The number of ether oxygens (including phenoxy) is 1. The average molecular weight is 463 g/mol. The highest BCUT2D eigenvalue weighted by molar-refractivity contribution is 5.38. The lowest BCUT2D eigenvalue weighted by Gasteiger charge is -2.33. The molecular weight excluding hydrogens is 412 g/mol. The van der Waals surface area contributed by atoms with Crippen LogP contribution in [0.1, 0.15) is 98.5 Å². The molecule has 1 aromatic heterocycles. The van der Waals surface area contributed by atoms with E-state index in [0.29, 0.717) is 13.0 Å². The van der Waals surface area contributed by atoms with Gasteiger partial charge in [0.2, 0.25) is 0 Å². The maximum atomic E-state index is 10.8. The zero-order valence-corrected chi connectivity index (χ0v) is 22.3. The second-order valence-corrected chi connectivity index (χ2v) is 12.1. The van der Waals surface area contributed by atoms with Gasteiger partial charge < -0.3 is 14.9 Å². The molecule has 0 radical (unpaired) electrons. The fraction of sp³-hybridized carbons (Fsp3) is 0.786. The van der Waals surface area contributed by atoms with Gasteiger partial charge in [-0.1, -0.05) is 79.4 Å². The van der Waals surface area contributed by atoms with Gasteiger partial charge in [-0.2, -0.15) is 0 Å². The minimum Gasteiger partial charge on any atom is -0.494 e. The number of nitrogens with zero attached hydrogens (tertiary/aromatic N) is 2. The summed E-state index contributed by atoms with van der Waals surface area (Å²) in [5.74, 6) is 0.291. The van der Waals surface area contributed by atoms with E-state index in [1.807, 2.05) is 0 Å². The molecule has 0 saturated carbocycles. The third-order valence-corrected chi connectivity index (χ3v) is 6.56. The standard InChI is InChI=1S/C28H50N2O3/c1-8-9-10-11-12-13-25-29(16-17-33-25)14-15-30-24(31)19-23(26(30)32)18-22(2)20-28(6,7)21-27(3,4)5/h19,25,31-32H,2,8-18,20-21H2,1,3-7H3. The first-order chi connectivity index (χ1) is 15.4. The lowest BCUT2D eigenvalue weighted by Crippen LogP contribution is -2.33. The van der Waals surface area contributed by atoms with E-state index in [0.717, 1.165) is 50.1 Å². The van der Waals surface area contributed by atoms with E-state index in [2.05, 4.69) is 53.0 Å². The number of aromatic hydroxyl groups is 2. The third-order valence-electron chi connectivity index (χ3n) is 6.56. The molecule has 0 bridgehead atoms. The molecule has 1 aromatic rings. The van der Waals surface area contributed by atoms with Crippen molar-refractivity contribution in [2.75, 3.05) is 19.7 Å². The zero-order chi connectivity index (χ0) is 24.6. The van der Waals surface area contributed by atoms with Gasteiger partial charge in [0.25, 0.3) is 0 Å². The van der Waals surface area contributed by atoms with Crippen molar-refractivity contribution in [1.82, 2.24) is 9.47 Å². The van der Waals surface area contributed by atoms with E-state index in [4.69, 9.17) is 4.74 Å². The molecule has 2 rings (SSSR count). The maximum Gasteiger partial charge on any atom is 0.197 e. The number of unbranched alkanes of at least 4 members (excludes halogenated alkanes) is 4. The van der Waals surface area contributed by atoms with Crippen molar-refractivity contribution in [3.63, 3.8) is 0 Å². The molecule has 5 heteroatoms. The number of allylic oxidation sites excluding steroid dienone is 1. The van der Waals surface area contributed by atoms with Gasteiger partial charge in [-0.15, -0.1) is 0 Å². The second-order valence-electron chi connectivity index (χ2n) is 12.1. The minimum atomic E-state index is 0.125. The summed E-state index contributed by atoms with van der Waals surface area (Å²) in [7, 11) is 0. The Labute approximate surface area is 202 Å². The molecule has 2 heterocycles. The van der Waals surface area contributed by atoms with Crippen LogP contribution in [0.2, 0.25) is 0 Å². The molecule has 1 aliphatic rings. The van der Waals surface area contributed by atoms with Crippen LogP contribution in [0.15, 0.2) is 18.2 Å². The Bertz CT molecular complexity index is 745. The van der Waals surface area contributed by atoms with Crippen LogP contribution in [0.4, 0.5) is 0 Å². The highest BCUT2D eigenvalue weighted by atomic mass is 16.5. The molecule has 0 aliphatic carbocycles. The summed E-state index contributed by atoms with van der Waals surface area (Å²) in [4.78, 5) is 2.34. The molecule has 1 unspecified atom stereocenters. The van der Waals surface area contributed by atoms with Crippen LogP contribution in [0.3, 0.4) is 0 Å². The van der Waals surface area contributed by atoms with Crippen LogP contribution >= 0.6 is 0 Å². The minimum absolute atomic E-state index is 0.125. The monoisotopic (exact) mass is 462 g/mol. The zero-order valence-electron chi connectivity index (χ0n) is 22.3. The van der Waals surface area contributed by atoms with Gasteiger partial charge >= 0.3 is 0 Å². The SMILES string of the molecule is C=C(Cc1cc(O)n(CCN2CCOC2CCCCCCC)c1O)CC(C)(C)CC(C)(C)C. The van der Waals surface area contributed by atoms with E-state index in [9.17, 15) is 10.2 Å². The second kappa shape index (κ2) is 12.3. The van der Waals surface area contributed by atoms with Gasteiger partial charge in [-0.25, -0.2) is 0 Å². The number of hydrogen-bond donors (Lipinski definition) is 2. The van der Waals surface area contributed by atoms with Crippen molar-refractivity contribution in [2.24, 2.45) is 10.8 Å². The summed E-state index contributed by atoms with van der Waals surface area (Å²) in [6, 6.07) is 1.70. The fourth-order valence-electron chi connectivity index (χ4n) is 5.67. The molecule has 1 saturated heterocycles. The Morgan fingerprint density at radius 2 is 1.79 bits per heavy atom. The van der Waals surface area contributed by atoms with E-state index in [1.54, 1.807) is 10.6 Å². The van der Waals surface area contributed by atoms with E-state index in [1.165, 1.54) is 32.1 Å². The molecule has 5 nitrogen and oxygen atoms in total. The molecule has 1 atom stereocenters. The molecule has 1 aliphatic heterocycles. The summed E-state index contributed by atoms with van der Waals surface area (Å²) in [5, 5.41) is 21.3. The summed E-state index contributed by atoms with van der Waals surface area (Å²) in [6.45, 7) is 20.9. The largest absolute Gasteiger partial charge is 0.494 e. The Morgan fingerprint density at radius 3 is 2.45 bits per heavy atom. The maximum absolute atomic E-state index is 10.8. The molecule has 0 amide bonds. The van der Waals surface area contributed by atoms with Gasteiger partial charge in [-0.3, -0.25) is 9.47 Å². The quantitative estimate of drug-likeness (QED) is 0.234. The van der Waals surface area contributed by atoms with Crippen LogP contribution < -0.4 is 0 Å². The topological polar surface area (TPSA) is 57.9 Å². The van der Waals surface area contributed by atoms with Crippen molar-refractivity contribution in [3.05, 3.63) is 23.8 Å². The van der Waals surface area contributed by atoms with Gasteiger partial charge in [0, 0.05) is 31.3 Å². The highest BCUT2D eigenvalue weighted by Crippen LogP contribution is 2.39. The third kappa shape index (κ3) is 9.36. The van der Waals surface area contributed by atoms with E-state index < -0.39 is 0 Å². The Balaban J connectivity index is 1.89. The Morgan fingerprint density at radius 1 is 1.09 bits per heavy atom. The lowest BCUT2D eigenvalue weighted by atomic mass is 9.73. The molecule has 0 aromatic carbocycles. The van der Waals surface area contributed by atoms with Crippen molar-refractivity contribution >= 4 is 0 Å². The van der Waals surface area contributed by atoms with E-state index in [-0.39, 0.29) is 28.8 Å². The molecular formula is C28H50N2O3. The molecule has 2 N–H and O–H groups in total. The van der Waals surface area contributed by atoms with Crippen LogP contribution in [0.5, 0.6) is 11.8 Å². The summed E-state index contributed by atoms with van der Waals surface area (Å²) in [5.41, 5.74) is 2.26. The fourth-order valence-corrected chi connectivity index (χ4v) is 5.67. The van der Waals surface area contributed by atoms with Crippen molar-refractivity contribution < 1.29 is 14.9 Å². The molecule has 1 fully saturated rings. The normalized spacial score (nSPS) is 17.7. The lowest BCUT2D eigenvalue weighted by molar-refractivity contribution is 0.0234. The number of rotatable bonds is 14. The predicted molar refractivity (Wildman–Crippen MR) is 138 cm³/mol. The summed E-state index contributed by atoms with van der Waals surface area (Å²) in [6.07, 6.45) is 10.2. The number of hydrogen-bond acceptors (Lipinski definition) is 4. The summed E-state index contributed by atoms with van der Waals surface area (Å²) < 4.78 is 7.56. The number of aromatic nitrogens is 1. The average Bonchev–Trinajstić information content (AvgIpc) is 3.21. The first-order valence-electron chi connectivity index (χ1n) is 13.0. The van der Waals surface area contributed by atoms with Gasteiger partial charge in [0.05, 0.1) is 6.61 Å². The van der Waals surface area contributed by atoms with Crippen molar-refractivity contribution in [1.29, 1.82) is 0 Å². The van der Waals surface area contributed by atoms with Gasteiger partial charge in [-0.05, 0) is 42.9 Å². The first kappa shape index (κ1) is 27.8. The highest BCUT2D eigenvalue weighted by Gasteiger charge is 2.27. The van der Waals surface area contributed by atoms with Crippen LogP contribution in [-0.2, 0) is 17.7 Å². The summed E-state index contributed by atoms with van der Waals surface area (Å²) >= 11 is 0. The van der Waals surface area contributed by atoms with Crippen LogP contribution in [0.25, 0.3) is 0 Å². The first-order valence-corrected chi connectivity index (χ1v) is 13.0. The molecule has 33 heavy (non-hydrogen) atoms. The van der Waals surface area contributed by atoms with Crippen LogP contribution in [0, 0.1) is 10.8 Å². The Kier molecular flexibility index (Phi) is 10.4. The molecule has 190 valence electrons. The van der Waals surface area contributed by atoms with Gasteiger partial charge in [0.15, 0.2) is 11.8 Å². The van der Waals surface area contributed by atoms with Gasteiger partial charge in [0.1, 0.15) is 6.23 Å². The van der Waals surface area contributed by atoms with Crippen molar-refractivity contribution in [3.8, 4) is 11.8 Å². The van der Waals surface area contributed by atoms with E-state index >= 15 is 0 Å². The smallest absolute Gasteiger partial charge is 0.197 e.